The van der Waals surface area contributed by atoms with Crippen LogP contribution in [-0.2, 0) is 21.4 Å². The van der Waals surface area contributed by atoms with Crippen LogP contribution in [-0.4, -0.2) is 45.3 Å². The van der Waals surface area contributed by atoms with Crippen molar-refractivity contribution in [2.75, 3.05) is 24.9 Å². The molecule has 0 radical (unpaired) electrons. The van der Waals surface area contributed by atoms with E-state index in [1.807, 2.05) is 37.3 Å². The number of amides is 2. The molecule has 34 heavy (non-hydrogen) atoms. The van der Waals surface area contributed by atoms with Crippen molar-refractivity contribution >= 4 is 27.5 Å². The van der Waals surface area contributed by atoms with Crippen LogP contribution in [0.2, 0.25) is 0 Å². The molecule has 0 unspecified atom stereocenters. The van der Waals surface area contributed by atoms with Crippen molar-refractivity contribution in [2.24, 2.45) is 0 Å². The van der Waals surface area contributed by atoms with Crippen LogP contribution in [0.1, 0.15) is 22.8 Å². The maximum atomic E-state index is 12.7. The second-order valence-electron chi connectivity index (χ2n) is 7.41. The third kappa shape index (κ3) is 6.35. The third-order valence-electron chi connectivity index (χ3n) is 5.13. The molecule has 0 aromatic heterocycles. The van der Waals surface area contributed by atoms with E-state index in [2.05, 4.69) is 10.0 Å². The number of nitrogens with one attached hydrogen (secondary N) is 2. The van der Waals surface area contributed by atoms with E-state index < -0.39 is 15.9 Å². The summed E-state index contributed by atoms with van der Waals surface area (Å²) in [6, 6.07) is 21.7. The van der Waals surface area contributed by atoms with Crippen LogP contribution in [0.25, 0.3) is 0 Å². The fourth-order valence-corrected chi connectivity index (χ4v) is 4.34. The number of benzene rings is 3. The number of carbonyl (C=O) groups is 2. The Morgan fingerprint density at radius 1 is 0.912 bits per heavy atom. The van der Waals surface area contributed by atoms with Gasteiger partial charge in [-0.2, -0.15) is 0 Å². The first-order valence-corrected chi connectivity index (χ1v) is 12.2. The van der Waals surface area contributed by atoms with Crippen LogP contribution in [0.4, 0.5) is 5.69 Å². The van der Waals surface area contributed by atoms with E-state index in [0.29, 0.717) is 24.5 Å². The first-order valence-electron chi connectivity index (χ1n) is 10.7. The number of anilines is 1. The van der Waals surface area contributed by atoms with Gasteiger partial charge in [-0.1, -0.05) is 42.5 Å². The highest BCUT2D eigenvalue weighted by Gasteiger charge is 2.18. The zero-order valence-electron chi connectivity index (χ0n) is 19.0. The lowest BCUT2D eigenvalue weighted by atomic mass is 10.2. The molecular weight excluding hydrogens is 454 g/mol. The van der Waals surface area contributed by atoms with E-state index in [-0.39, 0.29) is 22.9 Å². The maximum Gasteiger partial charge on any atom is 0.262 e. The van der Waals surface area contributed by atoms with Gasteiger partial charge in [0.05, 0.1) is 24.2 Å². The van der Waals surface area contributed by atoms with E-state index >= 15 is 0 Å². The van der Waals surface area contributed by atoms with Crippen LogP contribution in [0.5, 0.6) is 5.75 Å². The molecule has 0 aliphatic carbocycles. The average Bonchev–Trinajstić information content (AvgIpc) is 2.86. The van der Waals surface area contributed by atoms with Gasteiger partial charge in [0.25, 0.3) is 15.9 Å². The van der Waals surface area contributed by atoms with E-state index in [1.165, 1.54) is 31.4 Å². The molecule has 0 heterocycles. The van der Waals surface area contributed by atoms with Crippen molar-refractivity contribution in [1.29, 1.82) is 0 Å². The zero-order valence-corrected chi connectivity index (χ0v) is 19.8. The number of rotatable bonds is 10. The lowest BCUT2D eigenvalue weighted by molar-refractivity contribution is -0.130. The van der Waals surface area contributed by atoms with Gasteiger partial charge in [0.15, 0.2) is 0 Å². The fraction of sp³-hybridized carbons (Fsp3) is 0.200. The van der Waals surface area contributed by atoms with Gasteiger partial charge in [-0.3, -0.25) is 14.3 Å². The Morgan fingerprint density at radius 2 is 1.56 bits per heavy atom. The predicted molar refractivity (Wildman–Crippen MR) is 130 cm³/mol. The largest absolute Gasteiger partial charge is 0.495 e. The maximum absolute atomic E-state index is 12.7. The summed E-state index contributed by atoms with van der Waals surface area (Å²) in [5.74, 6) is -0.286. The molecular formula is C25H27N3O5S. The number of nitrogens with zero attached hydrogens (tertiary/aromatic N) is 1. The Labute approximate surface area is 199 Å². The summed E-state index contributed by atoms with van der Waals surface area (Å²) < 4.78 is 33.1. The highest BCUT2D eigenvalue weighted by molar-refractivity contribution is 7.92. The van der Waals surface area contributed by atoms with E-state index in [1.54, 1.807) is 29.2 Å². The highest BCUT2D eigenvalue weighted by Crippen LogP contribution is 2.26. The molecule has 3 rings (SSSR count). The van der Waals surface area contributed by atoms with Crippen LogP contribution < -0.4 is 14.8 Å². The van der Waals surface area contributed by atoms with Crippen molar-refractivity contribution in [3.63, 3.8) is 0 Å². The Balaban J connectivity index is 1.60. The average molecular weight is 482 g/mol. The summed E-state index contributed by atoms with van der Waals surface area (Å²) in [6.45, 7) is 2.68. The molecule has 3 aromatic rings. The molecule has 0 bridgehead atoms. The highest BCUT2D eigenvalue weighted by atomic mass is 32.2. The van der Waals surface area contributed by atoms with Crippen molar-refractivity contribution in [3.05, 3.63) is 90.0 Å². The monoisotopic (exact) mass is 481 g/mol. The van der Waals surface area contributed by atoms with Crippen molar-refractivity contribution in [2.45, 2.75) is 18.4 Å². The van der Waals surface area contributed by atoms with E-state index in [0.717, 1.165) is 5.56 Å². The fourth-order valence-electron chi connectivity index (χ4n) is 3.27. The number of carbonyl (C=O) groups excluding carboxylic acids is 2. The molecule has 0 spiro atoms. The summed E-state index contributed by atoms with van der Waals surface area (Å²) in [5, 5.41) is 2.60. The smallest absolute Gasteiger partial charge is 0.262 e. The van der Waals surface area contributed by atoms with Gasteiger partial charge in [0.2, 0.25) is 5.91 Å². The summed E-state index contributed by atoms with van der Waals surface area (Å²) in [7, 11) is -2.43. The van der Waals surface area contributed by atoms with Gasteiger partial charge in [0, 0.05) is 18.7 Å². The number of likely N-dealkylation sites (N-methyl/N-ethyl adjacent to an activating group) is 1. The van der Waals surface area contributed by atoms with Gasteiger partial charge < -0.3 is 15.0 Å². The number of para-hydroxylation sites is 2. The second-order valence-corrected chi connectivity index (χ2v) is 9.09. The molecule has 2 N–H and O–H groups in total. The van der Waals surface area contributed by atoms with Crippen LogP contribution >= 0.6 is 0 Å². The minimum atomic E-state index is -3.88. The normalized spacial score (nSPS) is 10.9. The van der Waals surface area contributed by atoms with Gasteiger partial charge in [-0.15, -0.1) is 0 Å². The van der Waals surface area contributed by atoms with Gasteiger partial charge in [-0.05, 0) is 48.9 Å². The van der Waals surface area contributed by atoms with E-state index in [4.69, 9.17) is 4.74 Å². The van der Waals surface area contributed by atoms with Crippen molar-refractivity contribution < 1.29 is 22.7 Å². The molecule has 0 saturated carbocycles. The van der Waals surface area contributed by atoms with Gasteiger partial charge in [-0.25, -0.2) is 8.42 Å². The molecule has 8 nitrogen and oxygen atoms in total. The molecule has 0 aliphatic rings. The van der Waals surface area contributed by atoms with Crippen LogP contribution in [0.15, 0.2) is 83.8 Å². The summed E-state index contributed by atoms with van der Waals surface area (Å²) in [6.07, 6.45) is 0. The Hall–Kier alpha value is -3.85. The molecule has 0 saturated heterocycles. The van der Waals surface area contributed by atoms with Crippen LogP contribution in [0.3, 0.4) is 0 Å². The minimum absolute atomic E-state index is 0.00829. The number of methoxy groups -OCH3 is 1. The predicted octanol–water partition coefficient (Wildman–Crippen LogP) is 3.27. The molecule has 0 fully saturated rings. The van der Waals surface area contributed by atoms with Crippen molar-refractivity contribution in [1.82, 2.24) is 10.2 Å². The quantitative estimate of drug-likeness (QED) is 0.462. The van der Waals surface area contributed by atoms with E-state index in [9.17, 15) is 18.0 Å². The minimum Gasteiger partial charge on any atom is -0.495 e. The standard InChI is InChI=1S/C25H27N3O5S/c1-3-28(18-19-9-5-4-6-10-19)24(29)17-26-25(30)20-13-15-21(16-14-20)34(31,32)27-22-11-7-8-12-23(22)33-2/h4-16,27H,3,17-18H2,1-2H3,(H,26,30). The van der Waals surface area contributed by atoms with Crippen molar-refractivity contribution in [3.8, 4) is 5.75 Å². The molecule has 0 aliphatic heterocycles. The lowest BCUT2D eigenvalue weighted by Crippen LogP contribution is -2.39. The first-order chi connectivity index (χ1) is 16.3. The number of sulfonamides is 1. The summed E-state index contributed by atoms with van der Waals surface area (Å²) >= 11 is 0. The van der Waals surface area contributed by atoms with Gasteiger partial charge in [0.1, 0.15) is 5.75 Å². The number of hydrogen-bond donors (Lipinski definition) is 2. The molecule has 2 amide bonds. The Bertz CT molecular complexity index is 1230. The third-order valence-corrected chi connectivity index (χ3v) is 6.51. The Kier molecular flexibility index (Phi) is 8.26. The number of hydrogen-bond acceptors (Lipinski definition) is 5. The number of ether oxygens (including phenoxy) is 1. The Morgan fingerprint density at radius 3 is 2.21 bits per heavy atom. The molecule has 3 aromatic carbocycles. The summed E-state index contributed by atoms with van der Waals surface area (Å²) in [5.41, 5.74) is 1.55. The molecule has 9 heteroatoms. The van der Waals surface area contributed by atoms with Crippen LogP contribution in [0, 0.1) is 0 Å². The topological polar surface area (TPSA) is 105 Å². The SMILES string of the molecule is CCN(Cc1ccccc1)C(=O)CNC(=O)c1ccc(S(=O)(=O)Nc2ccccc2OC)cc1. The molecule has 0 atom stereocenters. The summed E-state index contributed by atoms with van der Waals surface area (Å²) in [4.78, 5) is 26.7. The zero-order chi connectivity index (χ0) is 24.6. The van der Waals surface area contributed by atoms with Gasteiger partial charge >= 0.3 is 0 Å². The second kappa shape index (κ2) is 11.3. The first kappa shape index (κ1) is 24.8. The molecule has 178 valence electrons. The lowest BCUT2D eigenvalue weighted by Gasteiger charge is -2.21.